The Bertz CT molecular complexity index is 395. The Morgan fingerprint density at radius 2 is 1.79 bits per heavy atom. The van der Waals surface area contributed by atoms with Crippen molar-refractivity contribution in [1.29, 1.82) is 0 Å². The van der Waals surface area contributed by atoms with Gasteiger partial charge in [-0.3, -0.25) is 0 Å². The quantitative estimate of drug-likeness (QED) is 0.497. The van der Waals surface area contributed by atoms with Crippen LogP contribution in [0.4, 0.5) is 0 Å². The van der Waals surface area contributed by atoms with Crippen LogP contribution in [0.3, 0.4) is 0 Å². The molecule has 0 aromatic carbocycles. The number of fused-ring (bicyclic) bond motifs is 5. The van der Waals surface area contributed by atoms with Crippen molar-refractivity contribution in [3.63, 3.8) is 0 Å². The summed E-state index contributed by atoms with van der Waals surface area (Å²) in [6.45, 7) is 5.23. The van der Waals surface area contributed by atoms with Gasteiger partial charge in [-0.1, -0.05) is 32.4 Å². The van der Waals surface area contributed by atoms with Crippen molar-refractivity contribution in [3.05, 3.63) is 12.2 Å². The molecular formula is C19H30. The minimum Gasteiger partial charge on any atom is -0.0880 e. The van der Waals surface area contributed by atoms with E-state index in [0.29, 0.717) is 5.41 Å². The van der Waals surface area contributed by atoms with Gasteiger partial charge in [0.15, 0.2) is 0 Å². The van der Waals surface area contributed by atoms with Crippen LogP contribution in [-0.2, 0) is 0 Å². The van der Waals surface area contributed by atoms with E-state index in [1.54, 1.807) is 12.8 Å². The Hall–Kier alpha value is -0.260. The summed E-state index contributed by atoms with van der Waals surface area (Å²) in [6.07, 6.45) is 18.7. The highest BCUT2D eigenvalue weighted by Gasteiger charge is 2.56. The van der Waals surface area contributed by atoms with Crippen molar-refractivity contribution in [2.24, 2.45) is 34.5 Å². The third-order valence-electron chi connectivity index (χ3n) is 7.90. The number of hydrogen-bond donors (Lipinski definition) is 0. The molecule has 4 aliphatic carbocycles. The van der Waals surface area contributed by atoms with Gasteiger partial charge in [0.1, 0.15) is 0 Å². The van der Waals surface area contributed by atoms with E-state index in [1.807, 2.05) is 0 Å². The Morgan fingerprint density at radius 3 is 2.68 bits per heavy atom. The van der Waals surface area contributed by atoms with Crippen molar-refractivity contribution >= 4 is 0 Å². The molecular weight excluding hydrogens is 228 g/mol. The van der Waals surface area contributed by atoms with Crippen LogP contribution in [0.5, 0.6) is 0 Å². The fraction of sp³-hybridized carbons (Fsp3) is 0.895. The maximum atomic E-state index is 2.65. The van der Waals surface area contributed by atoms with Crippen molar-refractivity contribution in [1.82, 2.24) is 0 Å². The molecule has 3 fully saturated rings. The van der Waals surface area contributed by atoms with Gasteiger partial charge < -0.3 is 0 Å². The molecule has 0 saturated heterocycles. The highest BCUT2D eigenvalue weighted by Crippen LogP contribution is 2.65. The Labute approximate surface area is 119 Å². The van der Waals surface area contributed by atoms with Crippen molar-refractivity contribution < 1.29 is 0 Å². The van der Waals surface area contributed by atoms with Crippen LogP contribution in [-0.4, -0.2) is 0 Å². The summed E-state index contributed by atoms with van der Waals surface area (Å²) in [4.78, 5) is 0. The molecule has 0 amide bonds. The standard InChI is InChI=1S/C19H30/c1-18-11-5-7-16(18)15-9-8-14-6-3-4-12-19(14,2)17(15)10-13-18/h4,12,14-17H,3,5-11,13H2,1-2H3/t14-,15+,16-,17+,18-,19-/m1/s1. The fourth-order valence-corrected chi connectivity index (χ4v) is 6.81. The Balaban J connectivity index is 1.68. The molecule has 0 unspecified atom stereocenters. The molecule has 0 spiro atoms. The van der Waals surface area contributed by atoms with E-state index in [-0.39, 0.29) is 0 Å². The molecule has 19 heavy (non-hydrogen) atoms. The molecule has 0 N–H and O–H groups in total. The Morgan fingerprint density at radius 1 is 0.895 bits per heavy atom. The minimum atomic E-state index is 0.561. The summed E-state index contributed by atoms with van der Waals surface area (Å²) in [5.41, 5.74) is 1.29. The summed E-state index contributed by atoms with van der Waals surface area (Å²) in [7, 11) is 0. The topological polar surface area (TPSA) is 0 Å². The van der Waals surface area contributed by atoms with E-state index in [9.17, 15) is 0 Å². The molecule has 6 atom stereocenters. The zero-order valence-electron chi connectivity index (χ0n) is 12.8. The maximum Gasteiger partial charge on any atom is -0.00872 e. The molecule has 0 aromatic rings. The molecule has 0 nitrogen and oxygen atoms in total. The second kappa shape index (κ2) is 4.12. The third-order valence-corrected chi connectivity index (χ3v) is 7.90. The molecule has 0 heteroatoms. The van der Waals surface area contributed by atoms with Crippen LogP contribution in [0, 0.1) is 34.5 Å². The third kappa shape index (κ3) is 1.64. The highest BCUT2D eigenvalue weighted by atomic mass is 14.6. The summed E-state index contributed by atoms with van der Waals surface area (Å²) in [5.74, 6) is 4.15. The molecule has 0 aliphatic heterocycles. The van der Waals surface area contributed by atoms with Gasteiger partial charge in [-0.25, -0.2) is 0 Å². The van der Waals surface area contributed by atoms with Gasteiger partial charge in [-0.2, -0.15) is 0 Å². The first-order valence-electron chi connectivity index (χ1n) is 8.81. The van der Waals surface area contributed by atoms with Crippen molar-refractivity contribution in [2.75, 3.05) is 0 Å². The fourth-order valence-electron chi connectivity index (χ4n) is 6.81. The second-order valence-electron chi connectivity index (χ2n) is 8.58. The molecule has 0 bridgehead atoms. The van der Waals surface area contributed by atoms with Crippen molar-refractivity contribution in [3.8, 4) is 0 Å². The lowest BCUT2D eigenvalue weighted by Crippen LogP contribution is -2.50. The minimum absolute atomic E-state index is 0.561. The van der Waals surface area contributed by atoms with Gasteiger partial charge >= 0.3 is 0 Å². The van der Waals surface area contributed by atoms with Gasteiger partial charge in [0, 0.05) is 0 Å². The zero-order chi connectivity index (χ0) is 13.1. The smallest absolute Gasteiger partial charge is 0.00872 e. The lowest BCUT2D eigenvalue weighted by Gasteiger charge is -2.58. The first-order valence-corrected chi connectivity index (χ1v) is 8.81. The molecule has 0 radical (unpaired) electrons. The second-order valence-corrected chi connectivity index (χ2v) is 8.58. The van der Waals surface area contributed by atoms with E-state index in [1.165, 1.54) is 44.9 Å². The molecule has 0 aromatic heterocycles. The lowest BCUT2D eigenvalue weighted by molar-refractivity contribution is -0.0679. The van der Waals surface area contributed by atoms with Crippen LogP contribution < -0.4 is 0 Å². The van der Waals surface area contributed by atoms with E-state index in [4.69, 9.17) is 0 Å². The summed E-state index contributed by atoms with van der Waals surface area (Å²) < 4.78 is 0. The normalized spacial score (nSPS) is 56.3. The number of allylic oxidation sites excluding steroid dienone is 2. The van der Waals surface area contributed by atoms with Gasteiger partial charge in [0.25, 0.3) is 0 Å². The number of hydrogen-bond acceptors (Lipinski definition) is 0. The first-order chi connectivity index (χ1) is 9.13. The summed E-state index contributed by atoms with van der Waals surface area (Å²) in [5, 5.41) is 0. The molecule has 4 rings (SSSR count). The van der Waals surface area contributed by atoms with Gasteiger partial charge in [-0.15, -0.1) is 0 Å². The average molecular weight is 258 g/mol. The van der Waals surface area contributed by atoms with E-state index in [2.05, 4.69) is 26.0 Å². The largest absolute Gasteiger partial charge is 0.0880 e. The molecule has 4 aliphatic rings. The average Bonchev–Trinajstić information content (AvgIpc) is 2.79. The van der Waals surface area contributed by atoms with Crippen LogP contribution >= 0.6 is 0 Å². The van der Waals surface area contributed by atoms with Crippen LogP contribution in [0.2, 0.25) is 0 Å². The highest BCUT2D eigenvalue weighted by molar-refractivity contribution is 5.14. The van der Waals surface area contributed by atoms with E-state index in [0.717, 1.165) is 29.1 Å². The van der Waals surface area contributed by atoms with Gasteiger partial charge in [0.2, 0.25) is 0 Å². The summed E-state index contributed by atoms with van der Waals surface area (Å²) >= 11 is 0. The van der Waals surface area contributed by atoms with Gasteiger partial charge in [0.05, 0.1) is 0 Å². The predicted molar refractivity (Wildman–Crippen MR) is 80.9 cm³/mol. The van der Waals surface area contributed by atoms with Crippen molar-refractivity contribution in [2.45, 2.75) is 71.6 Å². The lowest BCUT2D eigenvalue weighted by atomic mass is 9.46. The van der Waals surface area contributed by atoms with Gasteiger partial charge in [-0.05, 0) is 85.9 Å². The monoisotopic (exact) mass is 258 g/mol. The predicted octanol–water partition coefficient (Wildman–Crippen LogP) is 5.59. The molecule has 106 valence electrons. The van der Waals surface area contributed by atoms with Crippen LogP contribution in [0.15, 0.2) is 12.2 Å². The Kier molecular flexibility index (Phi) is 2.71. The number of rotatable bonds is 0. The van der Waals surface area contributed by atoms with Crippen LogP contribution in [0.1, 0.15) is 71.6 Å². The summed E-state index contributed by atoms with van der Waals surface area (Å²) in [6, 6.07) is 0. The zero-order valence-corrected chi connectivity index (χ0v) is 12.8. The maximum absolute atomic E-state index is 2.65. The van der Waals surface area contributed by atoms with E-state index >= 15 is 0 Å². The van der Waals surface area contributed by atoms with Crippen LogP contribution in [0.25, 0.3) is 0 Å². The SMILES string of the molecule is C[C@]12CCC[C@@H]1[C@@H]1CC[C@H]3CCC=C[C@@]3(C)[C@H]1CC2. The molecule has 3 saturated carbocycles. The first kappa shape index (κ1) is 12.5. The molecule has 0 heterocycles. The van der Waals surface area contributed by atoms with E-state index < -0.39 is 0 Å².